The molecule has 8 heteroatoms. The average molecular weight is 309 g/mol. The van der Waals surface area contributed by atoms with Gasteiger partial charge in [-0.2, -0.15) is 0 Å². The summed E-state index contributed by atoms with van der Waals surface area (Å²) in [5.41, 5.74) is 0.555. The molecule has 1 rings (SSSR count). The summed E-state index contributed by atoms with van der Waals surface area (Å²) >= 11 is 0. The highest BCUT2D eigenvalue weighted by Crippen LogP contribution is 2.29. The number of amides is 1. The van der Waals surface area contributed by atoms with E-state index in [0.29, 0.717) is 12.3 Å². The Hall–Kier alpha value is -2.64. The largest absolute Gasteiger partial charge is 0.466 e. The van der Waals surface area contributed by atoms with Crippen LogP contribution in [0.25, 0.3) is 0 Å². The molecule has 0 spiro atoms. The lowest BCUT2D eigenvalue weighted by Crippen LogP contribution is -2.22. The van der Waals surface area contributed by atoms with E-state index >= 15 is 0 Å². The Morgan fingerprint density at radius 1 is 1.41 bits per heavy atom. The van der Waals surface area contributed by atoms with Crippen LogP contribution in [0.2, 0.25) is 0 Å². The van der Waals surface area contributed by atoms with Crippen molar-refractivity contribution in [3.05, 3.63) is 28.3 Å². The van der Waals surface area contributed by atoms with Crippen molar-refractivity contribution in [2.45, 2.75) is 20.3 Å². The molecule has 1 aromatic carbocycles. The molecule has 0 unspecified atom stereocenters. The van der Waals surface area contributed by atoms with Crippen LogP contribution < -0.4 is 10.2 Å². The first-order valence-electron chi connectivity index (χ1n) is 6.79. The zero-order valence-electron chi connectivity index (χ0n) is 12.8. The molecule has 0 bridgehead atoms. The molecule has 0 fully saturated rings. The molecule has 8 nitrogen and oxygen atoms in total. The van der Waals surface area contributed by atoms with Crippen LogP contribution in [-0.2, 0) is 14.3 Å². The summed E-state index contributed by atoms with van der Waals surface area (Å²) in [5, 5.41) is 14.0. The molecule has 0 saturated carbocycles. The van der Waals surface area contributed by atoms with Crippen molar-refractivity contribution in [2.24, 2.45) is 0 Å². The van der Waals surface area contributed by atoms with Gasteiger partial charge in [-0.15, -0.1) is 0 Å². The highest BCUT2D eigenvalue weighted by atomic mass is 16.6. The van der Waals surface area contributed by atoms with Gasteiger partial charge >= 0.3 is 5.97 Å². The number of anilines is 2. The van der Waals surface area contributed by atoms with E-state index in [9.17, 15) is 19.7 Å². The van der Waals surface area contributed by atoms with Gasteiger partial charge in [-0.1, -0.05) is 0 Å². The first kappa shape index (κ1) is 17.4. The summed E-state index contributed by atoms with van der Waals surface area (Å²) in [6.07, 6.45) is 0.111. The van der Waals surface area contributed by atoms with Crippen LogP contribution in [0.15, 0.2) is 18.2 Å². The molecule has 0 aliphatic rings. The lowest BCUT2D eigenvalue weighted by atomic mass is 10.2. The first-order chi connectivity index (χ1) is 10.4. The van der Waals surface area contributed by atoms with Crippen molar-refractivity contribution in [3.8, 4) is 0 Å². The Morgan fingerprint density at radius 2 is 2.09 bits per heavy atom. The number of ether oxygens (including phenoxy) is 1. The Balaban J connectivity index is 2.85. The highest BCUT2D eigenvalue weighted by Gasteiger charge is 2.17. The van der Waals surface area contributed by atoms with Crippen molar-refractivity contribution in [3.63, 3.8) is 0 Å². The third kappa shape index (κ3) is 4.72. The normalized spacial score (nSPS) is 9.95. The van der Waals surface area contributed by atoms with Crippen LogP contribution in [-0.4, -0.2) is 37.0 Å². The number of hydrogen-bond donors (Lipinski definition) is 1. The molecule has 1 N–H and O–H groups in total. The minimum absolute atomic E-state index is 0.111. The summed E-state index contributed by atoms with van der Waals surface area (Å²) < 4.78 is 4.78. The van der Waals surface area contributed by atoms with Gasteiger partial charge in [0.25, 0.3) is 5.69 Å². The average Bonchev–Trinajstić information content (AvgIpc) is 2.46. The number of rotatable bonds is 7. The molecule has 0 radical (unpaired) electrons. The molecule has 1 amide bonds. The molecule has 120 valence electrons. The number of hydrogen-bond acceptors (Lipinski definition) is 6. The molecular formula is C14H19N3O5. The number of nitrogens with one attached hydrogen (secondary N) is 1. The van der Waals surface area contributed by atoms with E-state index in [4.69, 9.17) is 4.74 Å². The minimum Gasteiger partial charge on any atom is -0.466 e. The van der Waals surface area contributed by atoms with Crippen molar-refractivity contribution in [1.82, 2.24) is 0 Å². The number of nitrogens with zero attached hydrogens (tertiary/aromatic N) is 2. The molecule has 1 aromatic rings. The van der Waals surface area contributed by atoms with Crippen LogP contribution >= 0.6 is 0 Å². The van der Waals surface area contributed by atoms with Gasteiger partial charge < -0.3 is 15.0 Å². The maximum atomic E-state index is 11.3. The third-order valence-electron chi connectivity index (χ3n) is 2.99. The van der Waals surface area contributed by atoms with Crippen molar-refractivity contribution < 1.29 is 19.2 Å². The number of nitro benzene ring substituents is 1. The topological polar surface area (TPSA) is 102 Å². The number of nitro groups is 1. The van der Waals surface area contributed by atoms with E-state index in [1.165, 1.54) is 31.0 Å². The van der Waals surface area contributed by atoms with Crippen LogP contribution in [0.5, 0.6) is 0 Å². The van der Waals surface area contributed by atoms with E-state index in [-0.39, 0.29) is 36.2 Å². The summed E-state index contributed by atoms with van der Waals surface area (Å²) in [7, 11) is 1.54. The monoisotopic (exact) mass is 309 g/mol. The van der Waals surface area contributed by atoms with Gasteiger partial charge in [-0.25, -0.2) is 0 Å². The molecule has 0 aliphatic heterocycles. The van der Waals surface area contributed by atoms with Gasteiger partial charge in [-0.3, -0.25) is 19.7 Å². The van der Waals surface area contributed by atoms with Crippen LogP contribution in [0.1, 0.15) is 20.3 Å². The SMILES string of the molecule is CCOC(=O)CCNc1ccc(N(C)C(C)=O)cc1[N+](=O)[O-]. The van der Waals surface area contributed by atoms with Crippen molar-refractivity contribution in [1.29, 1.82) is 0 Å². The smallest absolute Gasteiger partial charge is 0.307 e. The number of benzene rings is 1. The highest BCUT2D eigenvalue weighted by molar-refractivity contribution is 5.91. The van der Waals surface area contributed by atoms with Gasteiger partial charge in [0.2, 0.25) is 5.91 Å². The summed E-state index contributed by atoms with van der Waals surface area (Å²) in [6.45, 7) is 3.60. The van der Waals surface area contributed by atoms with E-state index in [0.717, 1.165) is 0 Å². The second kappa shape index (κ2) is 7.96. The predicted octanol–water partition coefficient (Wildman–Crippen LogP) is 1.94. The standard InChI is InChI=1S/C14H19N3O5/c1-4-22-14(19)7-8-15-12-6-5-11(16(3)10(2)18)9-13(12)17(20)21/h5-6,9,15H,4,7-8H2,1-3H3. The molecular weight excluding hydrogens is 290 g/mol. The lowest BCUT2D eigenvalue weighted by Gasteiger charge is -2.16. The maximum Gasteiger partial charge on any atom is 0.307 e. The van der Waals surface area contributed by atoms with Crippen LogP contribution in [0.4, 0.5) is 17.1 Å². The van der Waals surface area contributed by atoms with E-state index in [1.807, 2.05) is 0 Å². The Bertz CT molecular complexity index is 574. The van der Waals surface area contributed by atoms with Gasteiger partial charge in [0.1, 0.15) is 5.69 Å². The van der Waals surface area contributed by atoms with E-state index in [2.05, 4.69) is 5.32 Å². The quantitative estimate of drug-likeness (QED) is 0.469. The van der Waals surface area contributed by atoms with Crippen LogP contribution in [0.3, 0.4) is 0 Å². The predicted molar refractivity (Wildman–Crippen MR) is 81.9 cm³/mol. The Labute approximate surface area is 128 Å². The lowest BCUT2D eigenvalue weighted by molar-refractivity contribution is -0.383. The summed E-state index contributed by atoms with van der Waals surface area (Å²) in [4.78, 5) is 34.5. The zero-order chi connectivity index (χ0) is 16.7. The van der Waals surface area contributed by atoms with Gasteiger partial charge in [-0.05, 0) is 19.1 Å². The van der Waals surface area contributed by atoms with Crippen molar-refractivity contribution in [2.75, 3.05) is 30.4 Å². The molecule has 0 aromatic heterocycles. The Morgan fingerprint density at radius 3 is 2.64 bits per heavy atom. The van der Waals surface area contributed by atoms with Gasteiger partial charge in [0.15, 0.2) is 0 Å². The number of carbonyl (C=O) groups is 2. The fourth-order valence-corrected chi connectivity index (χ4v) is 1.74. The second-order valence-corrected chi connectivity index (χ2v) is 4.52. The fraction of sp³-hybridized carbons (Fsp3) is 0.429. The third-order valence-corrected chi connectivity index (χ3v) is 2.99. The van der Waals surface area contributed by atoms with Gasteiger partial charge in [0, 0.05) is 26.6 Å². The van der Waals surface area contributed by atoms with Crippen LogP contribution in [0, 0.1) is 10.1 Å². The number of carbonyl (C=O) groups excluding carboxylic acids is 2. The zero-order valence-corrected chi connectivity index (χ0v) is 12.8. The Kier molecular flexibility index (Phi) is 6.30. The first-order valence-corrected chi connectivity index (χ1v) is 6.79. The molecule has 22 heavy (non-hydrogen) atoms. The second-order valence-electron chi connectivity index (χ2n) is 4.52. The molecule has 0 aliphatic carbocycles. The molecule has 0 atom stereocenters. The fourth-order valence-electron chi connectivity index (χ4n) is 1.74. The van der Waals surface area contributed by atoms with Crippen molar-refractivity contribution >= 4 is 28.9 Å². The number of esters is 1. The maximum absolute atomic E-state index is 11.3. The molecule has 0 saturated heterocycles. The van der Waals surface area contributed by atoms with E-state index in [1.54, 1.807) is 13.0 Å². The summed E-state index contributed by atoms with van der Waals surface area (Å²) in [6, 6.07) is 4.42. The van der Waals surface area contributed by atoms with Gasteiger partial charge in [0.05, 0.1) is 23.6 Å². The van der Waals surface area contributed by atoms with E-state index < -0.39 is 4.92 Å². The minimum atomic E-state index is -0.538. The molecule has 0 heterocycles. The summed E-state index contributed by atoms with van der Waals surface area (Å²) in [5.74, 6) is -0.595.